The van der Waals surface area contributed by atoms with Gasteiger partial charge >= 0.3 is 6.18 Å². The third-order valence-electron chi connectivity index (χ3n) is 5.20. The molecule has 0 spiro atoms. The van der Waals surface area contributed by atoms with Crippen molar-refractivity contribution in [2.45, 2.75) is 37.7 Å². The maximum atomic E-state index is 14.3. The lowest BCUT2D eigenvalue weighted by atomic mass is 9.89. The fraction of sp³-hybridized carbons (Fsp3) is 0.286. The van der Waals surface area contributed by atoms with Gasteiger partial charge in [0.15, 0.2) is 12.4 Å². The van der Waals surface area contributed by atoms with Crippen molar-refractivity contribution in [2.24, 2.45) is 0 Å². The molecular weight excluding hydrogens is 407 g/mol. The van der Waals surface area contributed by atoms with Gasteiger partial charge in [-0.25, -0.2) is 8.78 Å². The Morgan fingerprint density at radius 2 is 1.80 bits per heavy atom. The van der Waals surface area contributed by atoms with Gasteiger partial charge in [-0.05, 0) is 43.2 Å². The van der Waals surface area contributed by atoms with E-state index < -0.39 is 23.4 Å². The van der Waals surface area contributed by atoms with Crippen LogP contribution >= 0.6 is 0 Å². The average Bonchev–Trinajstić information content (AvgIpc) is 2.65. The van der Waals surface area contributed by atoms with E-state index in [0.29, 0.717) is 40.0 Å². The van der Waals surface area contributed by atoms with Gasteiger partial charge in [-0.1, -0.05) is 0 Å². The number of hydrogen-bond donors (Lipinski definition) is 1. The van der Waals surface area contributed by atoms with Crippen LogP contribution in [-0.2, 0) is 12.7 Å². The minimum atomic E-state index is -4.79. The van der Waals surface area contributed by atoms with Gasteiger partial charge in [0.25, 0.3) is 0 Å². The predicted molar refractivity (Wildman–Crippen MR) is 98.5 cm³/mol. The highest BCUT2D eigenvalue weighted by atomic mass is 19.4. The second-order valence-electron chi connectivity index (χ2n) is 7.26. The molecule has 1 N–H and O–H groups in total. The summed E-state index contributed by atoms with van der Waals surface area (Å²) in [6.45, 7) is 0.234. The molecule has 158 valence electrons. The quantitative estimate of drug-likeness (QED) is 0.374. The zero-order valence-corrected chi connectivity index (χ0v) is 15.5. The van der Waals surface area contributed by atoms with Crippen LogP contribution in [0.2, 0.25) is 0 Å². The maximum absolute atomic E-state index is 14.3. The van der Waals surface area contributed by atoms with Crippen LogP contribution in [-0.4, -0.2) is 12.1 Å². The molecule has 9 heteroatoms. The minimum absolute atomic E-state index is 0.000322. The van der Waals surface area contributed by atoms with E-state index in [0.717, 1.165) is 6.07 Å². The number of fused-ring (bicyclic) bond motifs is 1. The molecule has 1 fully saturated rings. The van der Waals surface area contributed by atoms with E-state index in [1.54, 1.807) is 6.07 Å². The fourth-order valence-corrected chi connectivity index (χ4v) is 3.54. The summed E-state index contributed by atoms with van der Waals surface area (Å²) in [5, 5.41) is 15.8. The molecule has 0 bridgehead atoms. The highest BCUT2D eigenvalue weighted by Crippen LogP contribution is 2.35. The molecule has 0 unspecified atom stereocenters. The van der Waals surface area contributed by atoms with Crippen LogP contribution in [0, 0.1) is 16.8 Å². The van der Waals surface area contributed by atoms with Crippen LogP contribution in [0.4, 0.5) is 22.0 Å². The van der Waals surface area contributed by atoms with Gasteiger partial charge in [0.05, 0.1) is 5.56 Å². The highest BCUT2D eigenvalue weighted by Gasteiger charge is 2.35. The molecule has 1 saturated carbocycles. The summed E-state index contributed by atoms with van der Waals surface area (Å²) in [6.07, 6.45) is -1.40. The van der Waals surface area contributed by atoms with Gasteiger partial charge in [-0.2, -0.15) is 17.9 Å². The molecule has 0 radical (unpaired) electrons. The van der Waals surface area contributed by atoms with Crippen molar-refractivity contribution in [3.05, 3.63) is 76.8 Å². The molecule has 1 aliphatic carbocycles. The SMILES string of the molecule is [O-][n+]1ccc2c(CN[C@H]3C[C@H](Oc4ccc(F)c(C(F)(F)F)c4)C3)c(F)ccc2c1. The van der Waals surface area contributed by atoms with Gasteiger partial charge < -0.3 is 15.3 Å². The number of benzene rings is 2. The number of pyridine rings is 1. The van der Waals surface area contributed by atoms with Crippen molar-refractivity contribution < 1.29 is 31.4 Å². The number of ether oxygens (including phenoxy) is 1. The van der Waals surface area contributed by atoms with E-state index in [9.17, 15) is 27.2 Å². The van der Waals surface area contributed by atoms with E-state index in [-0.39, 0.29) is 24.4 Å². The standard InChI is InChI=1S/C21H17F5N2O2/c22-19-3-1-12-11-28(29)6-5-16(12)17(19)10-27-13-7-15(8-13)30-14-2-4-20(23)18(9-14)21(24,25)26/h1-6,9,11,13,15,27H,7-8,10H2/t13-,15-. The van der Waals surface area contributed by atoms with Crippen LogP contribution in [0.15, 0.2) is 48.8 Å². The van der Waals surface area contributed by atoms with Crippen molar-refractivity contribution in [3.63, 3.8) is 0 Å². The van der Waals surface area contributed by atoms with Gasteiger partial charge in [-0.15, -0.1) is 0 Å². The van der Waals surface area contributed by atoms with Crippen LogP contribution in [0.1, 0.15) is 24.0 Å². The fourth-order valence-electron chi connectivity index (χ4n) is 3.54. The molecule has 30 heavy (non-hydrogen) atoms. The van der Waals surface area contributed by atoms with Crippen LogP contribution in [0.3, 0.4) is 0 Å². The smallest absolute Gasteiger partial charge is 0.419 e. The Balaban J connectivity index is 1.35. The first-order chi connectivity index (χ1) is 14.2. The molecule has 4 nitrogen and oxygen atoms in total. The highest BCUT2D eigenvalue weighted by molar-refractivity contribution is 5.84. The predicted octanol–water partition coefficient (Wildman–Crippen LogP) is 4.47. The van der Waals surface area contributed by atoms with Crippen molar-refractivity contribution in [1.82, 2.24) is 5.32 Å². The molecule has 1 heterocycles. The Morgan fingerprint density at radius 3 is 2.53 bits per heavy atom. The van der Waals surface area contributed by atoms with Gasteiger partial charge in [0.1, 0.15) is 23.5 Å². The summed E-state index contributed by atoms with van der Waals surface area (Å²) in [5.41, 5.74) is -0.925. The zero-order chi connectivity index (χ0) is 21.5. The van der Waals surface area contributed by atoms with E-state index in [2.05, 4.69) is 5.32 Å². The van der Waals surface area contributed by atoms with Crippen LogP contribution < -0.4 is 14.8 Å². The summed E-state index contributed by atoms with van der Waals surface area (Å²) in [6, 6.07) is 6.96. The summed E-state index contributed by atoms with van der Waals surface area (Å²) in [5.74, 6) is -1.78. The summed E-state index contributed by atoms with van der Waals surface area (Å²) in [4.78, 5) is 0. The number of nitrogens with zero attached hydrogens (tertiary/aromatic N) is 1. The van der Waals surface area contributed by atoms with E-state index in [4.69, 9.17) is 4.74 Å². The Morgan fingerprint density at radius 1 is 1.07 bits per heavy atom. The van der Waals surface area contributed by atoms with Crippen molar-refractivity contribution in [1.29, 1.82) is 0 Å². The van der Waals surface area contributed by atoms with E-state index in [1.807, 2.05) is 0 Å². The second kappa shape index (κ2) is 7.71. The number of halogens is 5. The monoisotopic (exact) mass is 424 g/mol. The van der Waals surface area contributed by atoms with Crippen LogP contribution in [0.25, 0.3) is 10.8 Å². The molecule has 2 aromatic carbocycles. The number of aromatic nitrogens is 1. The molecule has 1 aromatic heterocycles. The molecule has 0 aliphatic heterocycles. The van der Waals surface area contributed by atoms with Crippen molar-refractivity contribution in [3.8, 4) is 5.75 Å². The van der Waals surface area contributed by atoms with Crippen molar-refractivity contribution >= 4 is 10.8 Å². The summed E-state index contributed by atoms with van der Waals surface area (Å²) < 4.78 is 72.2. The van der Waals surface area contributed by atoms with Crippen molar-refractivity contribution in [2.75, 3.05) is 0 Å². The third-order valence-corrected chi connectivity index (χ3v) is 5.20. The number of alkyl halides is 3. The summed E-state index contributed by atoms with van der Waals surface area (Å²) >= 11 is 0. The Bertz CT molecular complexity index is 1080. The second-order valence-corrected chi connectivity index (χ2v) is 7.26. The molecular formula is C21H17F5N2O2. The van der Waals surface area contributed by atoms with E-state index >= 15 is 0 Å². The summed E-state index contributed by atoms with van der Waals surface area (Å²) in [7, 11) is 0. The number of hydrogen-bond acceptors (Lipinski definition) is 3. The van der Waals surface area contributed by atoms with E-state index in [1.165, 1.54) is 30.6 Å². The Hall–Kier alpha value is -2.94. The molecule has 1 aliphatic rings. The first-order valence-electron chi connectivity index (χ1n) is 9.27. The Kier molecular flexibility index (Phi) is 5.23. The third kappa shape index (κ3) is 4.16. The normalized spacial score (nSPS) is 19.0. The minimum Gasteiger partial charge on any atom is -0.619 e. The lowest BCUT2D eigenvalue weighted by molar-refractivity contribution is -0.603. The molecule has 4 rings (SSSR count). The molecule has 0 saturated heterocycles. The average molecular weight is 424 g/mol. The van der Waals surface area contributed by atoms with Crippen LogP contribution in [0.5, 0.6) is 5.75 Å². The molecule has 3 aromatic rings. The van der Waals surface area contributed by atoms with Gasteiger partial charge in [0, 0.05) is 35.0 Å². The topological polar surface area (TPSA) is 48.2 Å². The number of rotatable bonds is 5. The van der Waals surface area contributed by atoms with Gasteiger partial charge in [-0.3, -0.25) is 0 Å². The molecule has 0 atom stereocenters. The molecule has 0 amide bonds. The maximum Gasteiger partial charge on any atom is 0.419 e. The first-order valence-corrected chi connectivity index (χ1v) is 9.27. The first kappa shape index (κ1) is 20.3. The largest absolute Gasteiger partial charge is 0.619 e. The zero-order valence-electron chi connectivity index (χ0n) is 15.5. The van der Waals surface area contributed by atoms with Gasteiger partial charge in [0.2, 0.25) is 0 Å². The lowest BCUT2D eigenvalue weighted by Gasteiger charge is -2.36. The Labute approximate surface area is 168 Å². The number of nitrogens with one attached hydrogen (secondary N) is 1. The lowest BCUT2D eigenvalue weighted by Crippen LogP contribution is -2.46.